The monoisotopic (exact) mass is 320 g/mol. The molecule has 2 aromatic heterocycles. The number of halogens is 1. The van der Waals surface area contributed by atoms with Crippen molar-refractivity contribution in [2.75, 3.05) is 5.75 Å². The minimum atomic E-state index is -0.520. The van der Waals surface area contributed by atoms with Crippen molar-refractivity contribution in [3.63, 3.8) is 0 Å². The lowest BCUT2D eigenvalue weighted by Gasteiger charge is -1.99. The Morgan fingerprint density at radius 3 is 2.86 bits per heavy atom. The van der Waals surface area contributed by atoms with Crippen LogP contribution in [-0.2, 0) is 0 Å². The van der Waals surface area contributed by atoms with Crippen molar-refractivity contribution in [2.24, 2.45) is 0 Å². The summed E-state index contributed by atoms with van der Waals surface area (Å²) in [6, 6.07) is 9.66. The van der Waals surface area contributed by atoms with Crippen molar-refractivity contribution in [3.8, 4) is 10.8 Å². The predicted octanol–water partition coefficient (Wildman–Crippen LogP) is 3.91. The van der Waals surface area contributed by atoms with Gasteiger partial charge in [0.1, 0.15) is 5.82 Å². The van der Waals surface area contributed by atoms with Gasteiger partial charge in [0.25, 0.3) is 11.1 Å². The number of ketones is 1. The highest BCUT2D eigenvalue weighted by Gasteiger charge is 2.14. The van der Waals surface area contributed by atoms with Crippen LogP contribution in [0.25, 0.3) is 10.8 Å². The molecule has 3 rings (SSSR count). The van der Waals surface area contributed by atoms with Crippen molar-refractivity contribution in [2.45, 2.75) is 5.22 Å². The van der Waals surface area contributed by atoms with E-state index in [9.17, 15) is 9.18 Å². The predicted molar refractivity (Wildman–Crippen MR) is 79.1 cm³/mol. The number of nitrogens with zero attached hydrogens (tertiary/aromatic N) is 2. The number of thioether (sulfide) groups is 1. The maximum atomic E-state index is 13.5. The van der Waals surface area contributed by atoms with Crippen LogP contribution < -0.4 is 0 Å². The largest absolute Gasteiger partial charge is 0.410 e. The van der Waals surface area contributed by atoms with Crippen LogP contribution in [0.3, 0.4) is 0 Å². The van der Waals surface area contributed by atoms with Crippen molar-refractivity contribution in [1.82, 2.24) is 10.2 Å². The Labute approximate surface area is 128 Å². The molecule has 1 aromatic carbocycles. The van der Waals surface area contributed by atoms with E-state index in [-0.39, 0.29) is 17.1 Å². The molecule has 7 heteroatoms. The summed E-state index contributed by atoms with van der Waals surface area (Å²) in [5.41, 5.74) is 0.0722. The van der Waals surface area contributed by atoms with E-state index in [1.54, 1.807) is 12.1 Å². The molecule has 0 saturated heterocycles. The van der Waals surface area contributed by atoms with Gasteiger partial charge in [0, 0.05) is 0 Å². The van der Waals surface area contributed by atoms with Crippen LogP contribution >= 0.6 is 23.1 Å². The Morgan fingerprint density at radius 2 is 2.10 bits per heavy atom. The molecule has 0 bridgehead atoms. The summed E-state index contributed by atoms with van der Waals surface area (Å²) in [4.78, 5) is 12.8. The summed E-state index contributed by atoms with van der Waals surface area (Å²) < 4.78 is 18.9. The Kier molecular flexibility index (Phi) is 4.12. The molecule has 0 spiro atoms. The first-order chi connectivity index (χ1) is 10.2. The average molecular weight is 320 g/mol. The SMILES string of the molecule is O=C(CSc1nnc(-c2cccs2)o1)c1ccccc1F. The van der Waals surface area contributed by atoms with E-state index in [2.05, 4.69) is 10.2 Å². The van der Waals surface area contributed by atoms with Crippen molar-refractivity contribution in [3.05, 3.63) is 53.2 Å². The zero-order valence-corrected chi connectivity index (χ0v) is 12.3. The van der Waals surface area contributed by atoms with Gasteiger partial charge in [-0.3, -0.25) is 4.79 Å². The fourth-order valence-corrected chi connectivity index (χ4v) is 2.95. The summed E-state index contributed by atoms with van der Waals surface area (Å²) >= 11 is 2.59. The van der Waals surface area contributed by atoms with E-state index in [1.807, 2.05) is 17.5 Å². The molecule has 0 aliphatic heterocycles. The van der Waals surface area contributed by atoms with Crippen LogP contribution in [0.15, 0.2) is 51.4 Å². The quantitative estimate of drug-likeness (QED) is 0.527. The number of Topliss-reactive ketones (excluding diaryl/α,β-unsaturated/α-hetero) is 1. The molecule has 0 aliphatic carbocycles. The third kappa shape index (κ3) is 3.20. The molecule has 0 radical (unpaired) electrons. The van der Waals surface area contributed by atoms with Gasteiger partial charge in [-0.2, -0.15) is 0 Å². The van der Waals surface area contributed by atoms with Crippen molar-refractivity contribution < 1.29 is 13.6 Å². The first-order valence-corrected chi connectivity index (χ1v) is 7.88. The molecule has 0 atom stereocenters. The lowest BCUT2D eigenvalue weighted by Crippen LogP contribution is -2.04. The number of thiophene rings is 1. The molecule has 0 fully saturated rings. The van der Waals surface area contributed by atoms with E-state index >= 15 is 0 Å². The van der Waals surface area contributed by atoms with Crippen molar-refractivity contribution in [1.29, 1.82) is 0 Å². The second kappa shape index (κ2) is 6.19. The zero-order valence-electron chi connectivity index (χ0n) is 10.7. The van der Waals surface area contributed by atoms with E-state index in [1.165, 1.54) is 23.5 Å². The Morgan fingerprint density at radius 1 is 1.24 bits per heavy atom. The fourth-order valence-electron chi connectivity index (χ4n) is 1.66. The summed E-state index contributed by atoms with van der Waals surface area (Å²) in [5, 5.41) is 9.99. The van der Waals surface area contributed by atoms with Crippen molar-refractivity contribution >= 4 is 28.9 Å². The fraction of sp³-hybridized carbons (Fsp3) is 0.0714. The highest BCUT2D eigenvalue weighted by atomic mass is 32.2. The molecule has 2 heterocycles. The molecular formula is C14H9FN2O2S2. The van der Waals surface area contributed by atoms with Gasteiger partial charge in [0.2, 0.25) is 0 Å². The third-order valence-corrected chi connectivity index (χ3v) is 4.32. The number of carbonyl (C=O) groups is 1. The molecule has 21 heavy (non-hydrogen) atoms. The highest BCUT2D eigenvalue weighted by molar-refractivity contribution is 7.99. The molecule has 0 N–H and O–H groups in total. The van der Waals surface area contributed by atoms with E-state index < -0.39 is 5.82 Å². The normalized spacial score (nSPS) is 10.7. The molecular weight excluding hydrogens is 311 g/mol. The lowest BCUT2D eigenvalue weighted by atomic mass is 10.1. The van der Waals surface area contributed by atoms with Gasteiger partial charge < -0.3 is 4.42 Å². The summed E-state index contributed by atoms with van der Waals surface area (Å²) in [6.45, 7) is 0. The van der Waals surface area contributed by atoms with Crippen LogP contribution in [0, 0.1) is 5.82 Å². The molecule has 0 saturated carbocycles. The van der Waals surface area contributed by atoms with Gasteiger partial charge in [-0.15, -0.1) is 21.5 Å². The summed E-state index contributed by atoms with van der Waals surface area (Å²) in [6.07, 6.45) is 0. The molecule has 3 aromatic rings. The number of rotatable bonds is 5. The van der Waals surface area contributed by atoms with Gasteiger partial charge in [0.05, 0.1) is 16.2 Å². The van der Waals surface area contributed by atoms with Gasteiger partial charge in [0.15, 0.2) is 5.78 Å². The number of hydrogen-bond donors (Lipinski definition) is 0. The molecule has 0 aliphatic rings. The smallest absolute Gasteiger partial charge is 0.277 e. The van der Waals surface area contributed by atoms with Crippen LogP contribution in [0.5, 0.6) is 0 Å². The first kappa shape index (κ1) is 14.0. The maximum absolute atomic E-state index is 13.5. The summed E-state index contributed by atoms with van der Waals surface area (Å²) in [7, 11) is 0. The van der Waals surface area contributed by atoms with E-state index in [0.717, 1.165) is 16.6 Å². The van der Waals surface area contributed by atoms with E-state index in [0.29, 0.717) is 11.1 Å². The van der Waals surface area contributed by atoms with Crippen LogP contribution in [-0.4, -0.2) is 21.7 Å². The lowest BCUT2D eigenvalue weighted by molar-refractivity contribution is 0.101. The van der Waals surface area contributed by atoms with Gasteiger partial charge >= 0.3 is 0 Å². The molecule has 106 valence electrons. The Bertz CT molecular complexity index is 756. The van der Waals surface area contributed by atoms with Crippen LogP contribution in [0.2, 0.25) is 0 Å². The number of carbonyl (C=O) groups excluding carboxylic acids is 1. The third-order valence-electron chi connectivity index (χ3n) is 2.64. The second-order valence-corrected chi connectivity index (χ2v) is 5.92. The second-order valence-electron chi connectivity index (χ2n) is 4.04. The number of aromatic nitrogens is 2. The molecule has 0 unspecified atom stereocenters. The van der Waals surface area contributed by atoms with Gasteiger partial charge in [-0.1, -0.05) is 30.0 Å². The van der Waals surface area contributed by atoms with E-state index in [4.69, 9.17) is 4.42 Å². The highest BCUT2D eigenvalue weighted by Crippen LogP contribution is 2.26. The van der Waals surface area contributed by atoms with Crippen LogP contribution in [0.1, 0.15) is 10.4 Å². The minimum absolute atomic E-state index is 0.0486. The van der Waals surface area contributed by atoms with Crippen LogP contribution in [0.4, 0.5) is 4.39 Å². The Hall–Kier alpha value is -1.99. The maximum Gasteiger partial charge on any atom is 0.277 e. The number of benzene rings is 1. The summed E-state index contributed by atoms with van der Waals surface area (Å²) in [5.74, 6) is -0.361. The van der Waals surface area contributed by atoms with Gasteiger partial charge in [-0.05, 0) is 23.6 Å². The molecule has 4 nitrogen and oxygen atoms in total. The number of hydrogen-bond acceptors (Lipinski definition) is 6. The van der Waals surface area contributed by atoms with Gasteiger partial charge in [-0.25, -0.2) is 4.39 Å². The zero-order chi connectivity index (χ0) is 14.7. The minimum Gasteiger partial charge on any atom is -0.410 e. The Balaban J connectivity index is 1.66. The first-order valence-electron chi connectivity index (χ1n) is 6.02. The average Bonchev–Trinajstić information content (AvgIpc) is 3.16. The topological polar surface area (TPSA) is 56.0 Å². The molecule has 0 amide bonds. The standard InChI is InChI=1S/C14H9FN2O2S2/c15-10-5-2-1-4-9(10)11(18)8-21-14-17-16-13(19-14)12-6-3-7-20-12/h1-7H,8H2.